The first-order valence-corrected chi connectivity index (χ1v) is 15.8. The topological polar surface area (TPSA) is 14.2 Å². The van der Waals surface area contributed by atoms with Gasteiger partial charge in [-0.05, 0) is 98.6 Å². The molecule has 0 saturated heterocycles. The molecule has 1 aliphatic heterocycles. The van der Waals surface area contributed by atoms with Crippen molar-refractivity contribution in [1.29, 1.82) is 0 Å². The van der Waals surface area contributed by atoms with Crippen LogP contribution >= 0.6 is 0 Å². The zero-order chi connectivity index (χ0) is 30.2. The summed E-state index contributed by atoms with van der Waals surface area (Å²) in [7, 11) is 0. The Bertz CT molecular complexity index is 2660. The van der Waals surface area contributed by atoms with Gasteiger partial charge in [-0.25, -0.2) is 0 Å². The van der Waals surface area contributed by atoms with Crippen molar-refractivity contribution >= 4 is 43.4 Å². The maximum atomic E-state index is 6.40. The number of para-hydroxylation sites is 2. The number of rotatable bonds is 3. The second kappa shape index (κ2) is 9.69. The van der Waals surface area contributed by atoms with Crippen LogP contribution in [-0.2, 0) is 0 Å². The van der Waals surface area contributed by atoms with Crippen molar-refractivity contribution in [3.8, 4) is 50.6 Å². The van der Waals surface area contributed by atoms with E-state index in [1.54, 1.807) is 0 Å². The van der Waals surface area contributed by atoms with E-state index in [0.717, 1.165) is 17.1 Å². The average molecular weight is 586 g/mol. The third kappa shape index (κ3) is 3.71. The number of hydrogen-bond donors (Lipinski definition) is 0. The molecule has 0 bridgehead atoms. The van der Waals surface area contributed by atoms with E-state index in [4.69, 9.17) is 4.74 Å². The number of ether oxygens (including phenoxy) is 1. The number of hydrogen-bond acceptors (Lipinski definition) is 1. The SMILES string of the molecule is c1ccc(-n2c3ccccc3c3cc4ccc(-c5ccccc5-c5ccc6c(c5)-c5cccc7cccc(c57)O6)cc4cc32)cc1. The van der Waals surface area contributed by atoms with Crippen molar-refractivity contribution in [1.82, 2.24) is 4.57 Å². The van der Waals surface area contributed by atoms with Gasteiger partial charge in [-0.2, -0.15) is 0 Å². The van der Waals surface area contributed by atoms with Crippen LogP contribution in [0.25, 0.3) is 82.4 Å². The van der Waals surface area contributed by atoms with Crippen LogP contribution in [0, 0.1) is 0 Å². The number of benzene rings is 8. The highest BCUT2D eigenvalue weighted by Gasteiger charge is 2.21. The first-order valence-electron chi connectivity index (χ1n) is 15.8. The Balaban J connectivity index is 1.14. The summed E-state index contributed by atoms with van der Waals surface area (Å²) >= 11 is 0. The molecule has 214 valence electrons. The molecule has 9 aromatic rings. The molecule has 0 saturated carbocycles. The van der Waals surface area contributed by atoms with Crippen LogP contribution in [0.5, 0.6) is 11.5 Å². The van der Waals surface area contributed by atoms with E-state index < -0.39 is 0 Å². The van der Waals surface area contributed by atoms with E-state index in [-0.39, 0.29) is 0 Å². The highest BCUT2D eigenvalue weighted by Crippen LogP contribution is 2.48. The molecule has 0 N–H and O–H groups in total. The van der Waals surface area contributed by atoms with Crippen LogP contribution < -0.4 is 4.74 Å². The molecule has 1 aliphatic rings. The van der Waals surface area contributed by atoms with E-state index in [9.17, 15) is 0 Å². The van der Waals surface area contributed by atoms with E-state index in [1.165, 1.54) is 76.9 Å². The van der Waals surface area contributed by atoms with Crippen LogP contribution in [-0.4, -0.2) is 4.57 Å². The normalized spacial score (nSPS) is 12.1. The zero-order valence-corrected chi connectivity index (χ0v) is 24.9. The highest BCUT2D eigenvalue weighted by atomic mass is 16.5. The maximum absolute atomic E-state index is 6.40. The Labute approximate surface area is 266 Å². The highest BCUT2D eigenvalue weighted by molar-refractivity contribution is 6.14. The molecule has 2 nitrogen and oxygen atoms in total. The van der Waals surface area contributed by atoms with Gasteiger partial charge in [0.15, 0.2) is 0 Å². The van der Waals surface area contributed by atoms with Crippen LogP contribution in [0.4, 0.5) is 0 Å². The first kappa shape index (κ1) is 25.2. The van der Waals surface area contributed by atoms with Gasteiger partial charge in [0.1, 0.15) is 11.5 Å². The van der Waals surface area contributed by atoms with Gasteiger partial charge in [0, 0.05) is 27.4 Å². The van der Waals surface area contributed by atoms with Crippen molar-refractivity contribution < 1.29 is 4.74 Å². The summed E-state index contributed by atoms with van der Waals surface area (Å²) in [5.74, 6) is 1.82. The van der Waals surface area contributed by atoms with Crippen LogP contribution in [0.2, 0.25) is 0 Å². The predicted molar refractivity (Wildman–Crippen MR) is 192 cm³/mol. The summed E-state index contributed by atoms with van der Waals surface area (Å²) in [5.41, 5.74) is 10.8. The lowest BCUT2D eigenvalue weighted by Crippen LogP contribution is -1.97. The number of aromatic nitrogens is 1. The van der Waals surface area contributed by atoms with E-state index in [1.807, 2.05) is 0 Å². The standard InChI is InChI=1S/C44H27NO/c1-2-12-33(13-3-1)45-40-18-7-6-16-36(40)38-25-29-20-21-30(24-32(29)27-41(38)45)34-14-4-5-15-35(34)31-22-23-42-39(26-31)37-17-8-10-28-11-9-19-43(46-42)44(28)37/h1-27H. The third-order valence-electron chi connectivity index (χ3n) is 9.55. The van der Waals surface area contributed by atoms with Gasteiger partial charge < -0.3 is 9.30 Å². The molecule has 0 unspecified atom stereocenters. The molecular formula is C44H27NO. The summed E-state index contributed by atoms with van der Waals surface area (Å²) in [6, 6.07) is 59.1. The van der Waals surface area contributed by atoms with Gasteiger partial charge in [-0.3, -0.25) is 0 Å². The molecule has 2 heterocycles. The van der Waals surface area contributed by atoms with Gasteiger partial charge in [0.25, 0.3) is 0 Å². The molecule has 1 aromatic heterocycles. The summed E-state index contributed by atoms with van der Waals surface area (Å²) in [5, 5.41) is 7.38. The van der Waals surface area contributed by atoms with Gasteiger partial charge >= 0.3 is 0 Å². The van der Waals surface area contributed by atoms with Crippen molar-refractivity contribution in [3.63, 3.8) is 0 Å². The van der Waals surface area contributed by atoms with Gasteiger partial charge in [0.05, 0.1) is 11.0 Å². The summed E-state index contributed by atoms with van der Waals surface area (Å²) in [6.07, 6.45) is 0. The quantitative estimate of drug-likeness (QED) is 0.201. The number of nitrogens with zero attached hydrogens (tertiary/aromatic N) is 1. The molecule has 2 heteroatoms. The molecule has 0 fully saturated rings. The van der Waals surface area contributed by atoms with Crippen LogP contribution in [0.3, 0.4) is 0 Å². The monoisotopic (exact) mass is 585 g/mol. The Morgan fingerprint density at radius 1 is 0.370 bits per heavy atom. The molecule has 46 heavy (non-hydrogen) atoms. The molecule has 0 radical (unpaired) electrons. The van der Waals surface area contributed by atoms with E-state index >= 15 is 0 Å². The Kier molecular flexibility index (Phi) is 5.31. The van der Waals surface area contributed by atoms with Gasteiger partial charge in [0.2, 0.25) is 0 Å². The molecule has 0 spiro atoms. The second-order valence-corrected chi connectivity index (χ2v) is 12.1. The predicted octanol–water partition coefficient (Wildman–Crippen LogP) is 12.2. The minimum Gasteiger partial charge on any atom is -0.456 e. The largest absolute Gasteiger partial charge is 0.456 e. The maximum Gasteiger partial charge on any atom is 0.135 e. The average Bonchev–Trinajstić information content (AvgIpc) is 3.44. The fraction of sp³-hybridized carbons (Fsp3) is 0. The summed E-state index contributed by atoms with van der Waals surface area (Å²) < 4.78 is 8.79. The minimum absolute atomic E-state index is 0.899. The smallest absolute Gasteiger partial charge is 0.135 e. The van der Waals surface area contributed by atoms with Crippen LogP contribution in [0.15, 0.2) is 164 Å². The van der Waals surface area contributed by atoms with Gasteiger partial charge in [-0.1, -0.05) is 109 Å². The Morgan fingerprint density at radius 3 is 1.96 bits per heavy atom. The Hall–Kier alpha value is -6.12. The molecule has 10 rings (SSSR count). The first-order chi connectivity index (χ1) is 22.8. The lowest BCUT2D eigenvalue weighted by Gasteiger charge is -2.22. The van der Waals surface area contributed by atoms with Crippen LogP contribution in [0.1, 0.15) is 0 Å². The van der Waals surface area contributed by atoms with Gasteiger partial charge in [-0.15, -0.1) is 0 Å². The lowest BCUT2D eigenvalue weighted by atomic mass is 9.89. The fourth-order valence-corrected chi connectivity index (χ4v) is 7.45. The van der Waals surface area contributed by atoms with E-state index in [0.29, 0.717) is 0 Å². The summed E-state index contributed by atoms with van der Waals surface area (Å²) in [4.78, 5) is 0. The zero-order valence-electron chi connectivity index (χ0n) is 24.9. The fourth-order valence-electron chi connectivity index (χ4n) is 7.45. The number of fused-ring (bicyclic) bond motifs is 6. The molecule has 8 aromatic carbocycles. The molecule has 0 atom stereocenters. The molecule has 0 amide bonds. The van der Waals surface area contributed by atoms with E-state index in [2.05, 4.69) is 168 Å². The molecular weight excluding hydrogens is 558 g/mol. The van der Waals surface area contributed by atoms with Crippen molar-refractivity contribution in [2.24, 2.45) is 0 Å². The lowest BCUT2D eigenvalue weighted by molar-refractivity contribution is 0.487. The van der Waals surface area contributed by atoms with Crippen molar-refractivity contribution in [2.45, 2.75) is 0 Å². The van der Waals surface area contributed by atoms with Crippen molar-refractivity contribution in [2.75, 3.05) is 0 Å². The summed E-state index contributed by atoms with van der Waals surface area (Å²) in [6.45, 7) is 0. The molecule has 0 aliphatic carbocycles. The third-order valence-corrected chi connectivity index (χ3v) is 9.55. The minimum atomic E-state index is 0.899. The Morgan fingerprint density at radius 2 is 1.09 bits per heavy atom. The second-order valence-electron chi connectivity index (χ2n) is 12.1. The van der Waals surface area contributed by atoms with Crippen molar-refractivity contribution in [3.05, 3.63) is 164 Å².